The zero-order valence-corrected chi connectivity index (χ0v) is 15.9. The molecule has 1 aromatic rings. The summed E-state index contributed by atoms with van der Waals surface area (Å²) in [6.07, 6.45) is 1.69. The van der Waals surface area contributed by atoms with Gasteiger partial charge in [-0.3, -0.25) is 14.4 Å². The van der Waals surface area contributed by atoms with Crippen LogP contribution in [0.5, 0.6) is 0 Å². The monoisotopic (exact) mass is 376 g/mol. The molecule has 2 amide bonds. The minimum Gasteiger partial charge on any atom is -0.480 e. The molecule has 0 fully saturated rings. The largest absolute Gasteiger partial charge is 0.480 e. The molecule has 0 aliphatic rings. The summed E-state index contributed by atoms with van der Waals surface area (Å²) in [5.74, 6) is -1.62. The fourth-order valence-corrected chi connectivity index (χ4v) is 2.56. The van der Waals surface area contributed by atoms with Gasteiger partial charge in [-0.15, -0.1) is 0 Å². The van der Waals surface area contributed by atoms with Gasteiger partial charge in [0.05, 0.1) is 6.54 Å². The van der Waals surface area contributed by atoms with Gasteiger partial charge in [-0.05, 0) is 30.5 Å². The molecule has 8 nitrogen and oxygen atoms in total. The summed E-state index contributed by atoms with van der Waals surface area (Å²) < 4.78 is 0. The van der Waals surface area contributed by atoms with Crippen LogP contribution in [0, 0.1) is 5.92 Å². The quantitative estimate of drug-likeness (QED) is 0.384. The summed E-state index contributed by atoms with van der Waals surface area (Å²) in [4.78, 5) is 34.2. The first-order chi connectivity index (χ1) is 12.8. The molecule has 1 rings (SSSR count). The van der Waals surface area contributed by atoms with Crippen molar-refractivity contribution < 1.29 is 19.5 Å². The highest BCUT2D eigenvalue weighted by molar-refractivity contribution is 5.96. The van der Waals surface area contributed by atoms with Crippen LogP contribution in [0.15, 0.2) is 35.9 Å². The Hall–Kier alpha value is -2.71. The topological polar surface area (TPSA) is 134 Å². The molecule has 6 N–H and O–H groups in total. The standard InChI is InChI=1S/C19H28N4O4/c1-4-15(19(27)22-11-17(25)26)18(12(2)3)21-10-13-5-7-14(8-6-13)23-16(24)9-20/h4-8,12,18,21H,9-11,20H2,1-3H3,(H,22,27)(H,23,24)(H,25,26)/b15-4-. The summed E-state index contributed by atoms with van der Waals surface area (Å²) in [5.41, 5.74) is 7.41. The zero-order valence-electron chi connectivity index (χ0n) is 15.9. The van der Waals surface area contributed by atoms with E-state index in [0.717, 1.165) is 5.56 Å². The molecule has 0 saturated heterocycles. The van der Waals surface area contributed by atoms with E-state index in [1.54, 1.807) is 25.1 Å². The molecule has 0 spiro atoms. The van der Waals surface area contributed by atoms with E-state index in [1.165, 1.54) is 0 Å². The van der Waals surface area contributed by atoms with Crippen molar-refractivity contribution in [3.05, 3.63) is 41.5 Å². The fraction of sp³-hybridized carbons (Fsp3) is 0.421. The van der Waals surface area contributed by atoms with Gasteiger partial charge in [-0.1, -0.05) is 32.1 Å². The van der Waals surface area contributed by atoms with E-state index in [-0.39, 0.29) is 24.4 Å². The fourth-order valence-electron chi connectivity index (χ4n) is 2.56. The number of nitrogens with two attached hydrogens (primary N) is 1. The lowest BCUT2D eigenvalue weighted by Crippen LogP contribution is -2.42. The number of carboxylic acid groups (broad SMARTS) is 1. The van der Waals surface area contributed by atoms with Crippen LogP contribution in [-0.4, -0.2) is 42.0 Å². The second-order valence-electron chi connectivity index (χ2n) is 6.37. The van der Waals surface area contributed by atoms with E-state index in [1.807, 2.05) is 26.0 Å². The Labute approximate surface area is 159 Å². The van der Waals surface area contributed by atoms with Gasteiger partial charge in [-0.25, -0.2) is 0 Å². The van der Waals surface area contributed by atoms with E-state index in [9.17, 15) is 14.4 Å². The van der Waals surface area contributed by atoms with Gasteiger partial charge in [-0.2, -0.15) is 0 Å². The van der Waals surface area contributed by atoms with Crippen molar-refractivity contribution in [2.75, 3.05) is 18.4 Å². The van der Waals surface area contributed by atoms with Gasteiger partial charge in [0, 0.05) is 23.8 Å². The number of carbonyl (C=O) groups excluding carboxylic acids is 2. The summed E-state index contributed by atoms with van der Waals surface area (Å²) >= 11 is 0. The molecule has 0 radical (unpaired) electrons. The predicted octanol–water partition coefficient (Wildman–Crippen LogP) is 0.845. The third-order valence-corrected chi connectivity index (χ3v) is 3.92. The van der Waals surface area contributed by atoms with E-state index in [0.29, 0.717) is 17.8 Å². The minimum atomic E-state index is -1.09. The smallest absolute Gasteiger partial charge is 0.322 e. The normalized spacial score (nSPS) is 12.6. The molecule has 0 heterocycles. The van der Waals surface area contributed by atoms with Crippen molar-refractivity contribution in [3.8, 4) is 0 Å². The molecule has 0 aliphatic carbocycles. The Balaban J connectivity index is 2.75. The summed E-state index contributed by atoms with van der Waals surface area (Å²) in [5, 5.41) is 17.1. The maximum Gasteiger partial charge on any atom is 0.322 e. The number of amides is 2. The van der Waals surface area contributed by atoms with Crippen molar-refractivity contribution in [1.82, 2.24) is 10.6 Å². The average Bonchev–Trinajstić information content (AvgIpc) is 2.63. The third kappa shape index (κ3) is 7.59. The van der Waals surface area contributed by atoms with Crippen LogP contribution in [0.2, 0.25) is 0 Å². The molecule has 1 aromatic carbocycles. The molecule has 1 unspecified atom stereocenters. The number of hydrogen-bond acceptors (Lipinski definition) is 5. The molecule has 0 bridgehead atoms. The Morgan fingerprint density at radius 3 is 2.30 bits per heavy atom. The number of rotatable bonds is 10. The van der Waals surface area contributed by atoms with E-state index >= 15 is 0 Å². The molecule has 0 aromatic heterocycles. The average molecular weight is 376 g/mol. The van der Waals surface area contributed by atoms with Crippen LogP contribution < -0.4 is 21.7 Å². The molecular weight excluding hydrogens is 348 g/mol. The first-order valence-corrected chi connectivity index (χ1v) is 8.76. The number of nitrogens with one attached hydrogen (secondary N) is 3. The Bertz CT molecular complexity index is 683. The predicted molar refractivity (Wildman–Crippen MR) is 104 cm³/mol. The Morgan fingerprint density at radius 1 is 1.19 bits per heavy atom. The van der Waals surface area contributed by atoms with Crippen molar-refractivity contribution in [3.63, 3.8) is 0 Å². The first kappa shape index (κ1) is 22.3. The highest BCUT2D eigenvalue weighted by atomic mass is 16.4. The molecule has 1 atom stereocenters. The zero-order chi connectivity index (χ0) is 20.4. The van der Waals surface area contributed by atoms with E-state index in [2.05, 4.69) is 16.0 Å². The maximum absolute atomic E-state index is 12.3. The van der Waals surface area contributed by atoms with Crippen LogP contribution in [-0.2, 0) is 20.9 Å². The SMILES string of the molecule is C/C=C(\C(=O)NCC(=O)O)C(NCc1ccc(NC(=O)CN)cc1)C(C)C. The summed E-state index contributed by atoms with van der Waals surface area (Å²) in [7, 11) is 0. The second-order valence-corrected chi connectivity index (χ2v) is 6.37. The molecule has 0 aliphatic heterocycles. The van der Waals surface area contributed by atoms with Crippen LogP contribution in [0.3, 0.4) is 0 Å². The second kappa shape index (κ2) is 11.1. The lowest BCUT2D eigenvalue weighted by molar-refractivity contribution is -0.137. The highest BCUT2D eigenvalue weighted by Crippen LogP contribution is 2.15. The number of benzene rings is 1. The molecule has 8 heteroatoms. The van der Waals surface area contributed by atoms with Crippen LogP contribution in [0.4, 0.5) is 5.69 Å². The van der Waals surface area contributed by atoms with Crippen molar-refractivity contribution >= 4 is 23.5 Å². The van der Waals surface area contributed by atoms with E-state index in [4.69, 9.17) is 10.8 Å². The summed E-state index contributed by atoms with van der Waals surface area (Å²) in [6, 6.07) is 7.07. The number of carboxylic acids is 1. The van der Waals surface area contributed by atoms with Crippen molar-refractivity contribution in [2.24, 2.45) is 11.7 Å². The maximum atomic E-state index is 12.3. The molecular formula is C19H28N4O4. The van der Waals surface area contributed by atoms with Gasteiger partial charge in [0.15, 0.2) is 0 Å². The minimum absolute atomic E-state index is 0.0740. The first-order valence-electron chi connectivity index (χ1n) is 8.76. The number of hydrogen-bond donors (Lipinski definition) is 5. The molecule has 0 saturated carbocycles. The number of allylic oxidation sites excluding steroid dienone is 1. The number of carbonyl (C=O) groups is 3. The Morgan fingerprint density at radius 2 is 1.81 bits per heavy atom. The molecule has 27 heavy (non-hydrogen) atoms. The van der Waals surface area contributed by atoms with Crippen molar-refractivity contribution in [2.45, 2.75) is 33.4 Å². The van der Waals surface area contributed by atoms with Crippen molar-refractivity contribution in [1.29, 1.82) is 0 Å². The Kier molecular flexibility index (Phi) is 9.18. The van der Waals surface area contributed by atoms with E-state index < -0.39 is 18.4 Å². The lowest BCUT2D eigenvalue weighted by Gasteiger charge is -2.25. The number of aliphatic carboxylic acids is 1. The van der Waals surface area contributed by atoms with Gasteiger partial charge in [0.2, 0.25) is 11.8 Å². The van der Waals surface area contributed by atoms with Gasteiger partial charge >= 0.3 is 5.97 Å². The van der Waals surface area contributed by atoms with Crippen LogP contribution >= 0.6 is 0 Å². The van der Waals surface area contributed by atoms with Gasteiger partial charge in [0.25, 0.3) is 0 Å². The van der Waals surface area contributed by atoms with Gasteiger partial charge < -0.3 is 26.8 Å². The highest BCUT2D eigenvalue weighted by Gasteiger charge is 2.23. The summed E-state index contributed by atoms with van der Waals surface area (Å²) in [6.45, 7) is 5.74. The van der Waals surface area contributed by atoms with Gasteiger partial charge in [0.1, 0.15) is 6.54 Å². The third-order valence-electron chi connectivity index (χ3n) is 3.92. The lowest BCUT2D eigenvalue weighted by atomic mass is 9.94. The van der Waals surface area contributed by atoms with Crippen LogP contribution in [0.1, 0.15) is 26.3 Å². The molecule has 148 valence electrons. The number of anilines is 1. The van der Waals surface area contributed by atoms with Crippen LogP contribution in [0.25, 0.3) is 0 Å².